The minimum Gasteiger partial charge on any atom is -0.360 e. The van der Waals surface area contributed by atoms with E-state index in [9.17, 15) is 9.59 Å². The fourth-order valence-corrected chi connectivity index (χ4v) is 2.77. The van der Waals surface area contributed by atoms with Gasteiger partial charge in [0, 0.05) is 18.1 Å². The number of benzene rings is 1. The third kappa shape index (κ3) is 4.17. The number of nitrogens with one attached hydrogen (secondary N) is 1. The highest BCUT2D eigenvalue weighted by Crippen LogP contribution is 2.18. The molecule has 3 aromatic rings. The van der Waals surface area contributed by atoms with Crippen LogP contribution in [0.2, 0.25) is 5.02 Å². The zero-order valence-electron chi connectivity index (χ0n) is 15.1. The molecule has 0 saturated carbocycles. The number of rotatable bonds is 5. The molecular weight excluding hydrogens is 370 g/mol. The maximum atomic E-state index is 12.7. The molecule has 27 heavy (non-hydrogen) atoms. The van der Waals surface area contributed by atoms with Gasteiger partial charge in [-0.05, 0) is 32.0 Å². The van der Waals surface area contributed by atoms with Gasteiger partial charge in [0.1, 0.15) is 5.76 Å². The summed E-state index contributed by atoms with van der Waals surface area (Å²) in [5.41, 5.74) is 1.81. The lowest BCUT2D eigenvalue weighted by Crippen LogP contribution is -2.35. The van der Waals surface area contributed by atoms with Crippen LogP contribution in [0, 0.1) is 13.8 Å². The maximum Gasteiger partial charge on any atom is 0.257 e. The van der Waals surface area contributed by atoms with E-state index in [-0.39, 0.29) is 18.4 Å². The van der Waals surface area contributed by atoms with Crippen LogP contribution in [-0.2, 0) is 4.79 Å². The monoisotopic (exact) mass is 387 g/mol. The number of likely N-dealkylation sites (N-methyl/N-ethyl adjacent to an activating group) is 1. The minimum atomic E-state index is -0.376. The van der Waals surface area contributed by atoms with E-state index in [2.05, 4.69) is 15.6 Å². The second-order valence-corrected chi connectivity index (χ2v) is 6.50. The highest BCUT2D eigenvalue weighted by Gasteiger charge is 2.21. The quantitative estimate of drug-likeness (QED) is 0.726. The van der Waals surface area contributed by atoms with Crippen LogP contribution in [0.1, 0.15) is 21.8 Å². The van der Waals surface area contributed by atoms with Crippen LogP contribution in [0.4, 0.5) is 5.82 Å². The number of amides is 2. The highest BCUT2D eigenvalue weighted by atomic mass is 35.5. The Kier molecular flexibility index (Phi) is 5.27. The number of hydrogen-bond acceptors (Lipinski definition) is 5. The van der Waals surface area contributed by atoms with Gasteiger partial charge >= 0.3 is 0 Å². The van der Waals surface area contributed by atoms with Crippen molar-refractivity contribution in [2.24, 2.45) is 0 Å². The van der Waals surface area contributed by atoms with Crippen molar-refractivity contribution in [2.45, 2.75) is 13.8 Å². The van der Waals surface area contributed by atoms with E-state index >= 15 is 0 Å². The van der Waals surface area contributed by atoms with Crippen molar-refractivity contribution in [2.75, 3.05) is 18.9 Å². The maximum absolute atomic E-state index is 12.7. The van der Waals surface area contributed by atoms with Crippen molar-refractivity contribution in [3.8, 4) is 5.69 Å². The lowest BCUT2D eigenvalue weighted by Gasteiger charge is -2.16. The minimum absolute atomic E-state index is 0.132. The standard InChI is InChI=1S/C18H18ClN5O3/c1-11-7-16(22-27-11)21-17(25)10-23(3)18(26)15-9-20-24(12(15)2)14-6-4-5-13(19)8-14/h4-9H,10H2,1-3H3,(H,21,22,25). The Morgan fingerprint density at radius 1 is 1.30 bits per heavy atom. The Morgan fingerprint density at radius 2 is 2.07 bits per heavy atom. The Morgan fingerprint density at radius 3 is 2.74 bits per heavy atom. The topological polar surface area (TPSA) is 93.3 Å². The largest absolute Gasteiger partial charge is 0.360 e. The molecule has 2 amide bonds. The summed E-state index contributed by atoms with van der Waals surface area (Å²) in [7, 11) is 1.55. The van der Waals surface area contributed by atoms with Gasteiger partial charge in [0.2, 0.25) is 5.91 Å². The molecule has 0 saturated heterocycles. The predicted octanol–water partition coefficient (Wildman–Crippen LogP) is 2.84. The van der Waals surface area contributed by atoms with Gasteiger partial charge in [0.15, 0.2) is 5.82 Å². The molecule has 9 heteroatoms. The molecule has 2 aromatic heterocycles. The van der Waals surface area contributed by atoms with Crippen molar-refractivity contribution in [3.05, 3.63) is 58.6 Å². The summed E-state index contributed by atoms with van der Waals surface area (Å²) in [6.07, 6.45) is 1.48. The van der Waals surface area contributed by atoms with Crippen LogP contribution in [0.25, 0.3) is 5.69 Å². The summed E-state index contributed by atoms with van der Waals surface area (Å²) < 4.78 is 6.52. The van der Waals surface area contributed by atoms with Gasteiger partial charge < -0.3 is 14.7 Å². The van der Waals surface area contributed by atoms with E-state index in [1.54, 1.807) is 43.8 Å². The van der Waals surface area contributed by atoms with Crippen LogP contribution < -0.4 is 5.32 Å². The molecule has 0 atom stereocenters. The number of aromatic nitrogens is 3. The summed E-state index contributed by atoms with van der Waals surface area (Å²) in [4.78, 5) is 26.1. The molecule has 3 rings (SSSR count). The predicted molar refractivity (Wildman–Crippen MR) is 100 cm³/mol. The van der Waals surface area contributed by atoms with E-state index in [1.165, 1.54) is 11.1 Å². The average Bonchev–Trinajstić information content (AvgIpc) is 3.19. The first-order valence-electron chi connectivity index (χ1n) is 8.14. The van der Waals surface area contributed by atoms with Crippen LogP contribution in [0.5, 0.6) is 0 Å². The Bertz CT molecular complexity index is 995. The lowest BCUT2D eigenvalue weighted by molar-refractivity contribution is -0.116. The van der Waals surface area contributed by atoms with Crippen molar-refractivity contribution < 1.29 is 14.1 Å². The van der Waals surface area contributed by atoms with Gasteiger partial charge in [0.05, 0.1) is 29.7 Å². The number of carbonyl (C=O) groups excluding carboxylic acids is 2. The smallest absolute Gasteiger partial charge is 0.257 e. The van der Waals surface area contributed by atoms with Crippen LogP contribution in [0.15, 0.2) is 41.1 Å². The summed E-state index contributed by atoms with van der Waals surface area (Å²) in [6.45, 7) is 3.37. The van der Waals surface area contributed by atoms with Crippen molar-refractivity contribution >= 4 is 29.2 Å². The molecule has 0 aliphatic carbocycles. The van der Waals surface area contributed by atoms with Crippen molar-refractivity contribution in [1.82, 2.24) is 19.8 Å². The second kappa shape index (κ2) is 7.63. The molecule has 0 bridgehead atoms. The molecule has 8 nitrogen and oxygen atoms in total. The van der Waals surface area contributed by atoms with Gasteiger partial charge in [-0.2, -0.15) is 5.10 Å². The zero-order chi connectivity index (χ0) is 19.6. The molecular formula is C18H18ClN5O3. The summed E-state index contributed by atoms with van der Waals surface area (Å²) in [5, 5.41) is 11.1. The van der Waals surface area contributed by atoms with Crippen molar-refractivity contribution in [3.63, 3.8) is 0 Å². The van der Waals surface area contributed by atoms with Gasteiger partial charge in [0.25, 0.3) is 5.91 Å². The van der Waals surface area contributed by atoms with Gasteiger partial charge in [-0.25, -0.2) is 4.68 Å². The molecule has 0 aliphatic heterocycles. The molecule has 0 spiro atoms. The first-order valence-corrected chi connectivity index (χ1v) is 8.52. The fourth-order valence-electron chi connectivity index (χ4n) is 2.59. The van der Waals surface area contributed by atoms with Crippen LogP contribution in [-0.4, -0.2) is 45.2 Å². The average molecular weight is 388 g/mol. The molecule has 0 radical (unpaired) electrons. The van der Waals surface area contributed by atoms with Gasteiger partial charge in [-0.15, -0.1) is 0 Å². The third-order valence-electron chi connectivity index (χ3n) is 3.92. The Labute approximate surface area is 160 Å². The van der Waals surface area contributed by atoms with Gasteiger partial charge in [-0.1, -0.05) is 22.8 Å². The molecule has 1 N–H and O–H groups in total. The van der Waals surface area contributed by atoms with E-state index in [0.717, 1.165) is 5.69 Å². The molecule has 140 valence electrons. The Hall–Kier alpha value is -3.13. The normalized spacial score (nSPS) is 10.7. The molecule has 2 heterocycles. The molecule has 1 aromatic carbocycles. The molecule has 0 aliphatic rings. The highest BCUT2D eigenvalue weighted by molar-refractivity contribution is 6.30. The SMILES string of the molecule is Cc1cc(NC(=O)CN(C)C(=O)c2cnn(-c3cccc(Cl)c3)c2C)no1. The molecule has 0 fully saturated rings. The second-order valence-electron chi connectivity index (χ2n) is 6.07. The van der Waals surface area contributed by atoms with E-state index in [0.29, 0.717) is 27.9 Å². The number of anilines is 1. The summed E-state index contributed by atoms with van der Waals surface area (Å²) in [6, 6.07) is 8.77. The number of hydrogen-bond donors (Lipinski definition) is 1. The number of nitrogens with zero attached hydrogens (tertiary/aromatic N) is 4. The first kappa shape index (κ1) is 18.7. The molecule has 0 unspecified atom stereocenters. The fraction of sp³-hybridized carbons (Fsp3) is 0.222. The summed E-state index contributed by atoms with van der Waals surface area (Å²) in [5.74, 6) is 0.202. The number of aryl methyl sites for hydroxylation is 1. The third-order valence-corrected chi connectivity index (χ3v) is 4.15. The summed E-state index contributed by atoms with van der Waals surface area (Å²) >= 11 is 6.02. The Balaban J connectivity index is 1.71. The van der Waals surface area contributed by atoms with E-state index in [1.807, 2.05) is 12.1 Å². The van der Waals surface area contributed by atoms with Crippen LogP contribution in [0.3, 0.4) is 0 Å². The van der Waals surface area contributed by atoms with Crippen LogP contribution >= 0.6 is 11.6 Å². The van der Waals surface area contributed by atoms with E-state index < -0.39 is 0 Å². The number of halogens is 1. The first-order chi connectivity index (χ1) is 12.8. The zero-order valence-corrected chi connectivity index (χ0v) is 15.8. The lowest BCUT2D eigenvalue weighted by atomic mass is 10.2. The number of carbonyl (C=O) groups is 2. The van der Waals surface area contributed by atoms with Crippen molar-refractivity contribution in [1.29, 1.82) is 0 Å². The van der Waals surface area contributed by atoms with E-state index in [4.69, 9.17) is 16.1 Å². The van der Waals surface area contributed by atoms with Gasteiger partial charge in [-0.3, -0.25) is 9.59 Å².